The fourth-order valence-corrected chi connectivity index (χ4v) is 3.02. The van der Waals surface area contributed by atoms with Gasteiger partial charge < -0.3 is 10.2 Å². The summed E-state index contributed by atoms with van der Waals surface area (Å²) in [5.41, 5.74) is 0. The number of hydrogen-bond donors (Lipinski definition) is 1. The molecular weight excluding hydrogens is 226 g/mol. The second kappa shape index (κ2) is 6.02. The van der Waals surface area contributed by atoms with E-state index in [4.69, 9.17) is 0 Å². The van der Waals surface area contributed by atoms with E-state index in [1.807, 2.05) is 0 Å². The minimum atomic E-state index is 0.208. The van der Waals surface area contributed by atoms with E-state index in [0.717, 1.165) is 39.3 Å². The van der Waals surface area contributed by atoms with Crippen LogP contribution in [0.25, 0.3) is 0 Å². The summed E-state index contributed by atoms with van der Waals surface area (Å²) in [5, 5.41) is 3.32. The van der Waals surface area contributed by atoms with Gasteiger partial charge in [0, 0.05) is 38.8 Å². The van der Waals surface area contributed by atoms with Crippen molar-refractivity contribution in [2.75, 3.05) is 39.3 Å². The molecule has 2 aliphatic heterocycles. The van der Waals surface area contributed by atoms with E-state index in [0.29, 0.717) is 17.9 Å². The highest BCUT2D eigenvalue weighted by molar-refractivity contribution is 5.79. The number of piperazine rings is 1. The number of carbonyl (C=O) groups is 1. The molecule has 0 bridgehead atoms. The molecule has 1 N–H and O–H groups in total. The molecule has 18 heavy (non-hydrogen) atoms. The van der Waals surface area contributed by atoms with E-state index in [9.17, 15) is 4.79 Å². The third-order valence-electron chi connectivity index (χ3n) is 4.67. The first-order chi connectivity index (χ1) is 8.63. The second-order valence-electron chi connectivity index (χ2n) is 5.86. The molecule has 2 aliphatic rings. The SMILES string of the molecule is CCC(C)N1CCN(C(=O)C2CNCC2C)CC1. The molecule has 2 rings (SSSR count). The first-order valence-electron chi connectivity index (χ1n) is 7.37. The normalized spacial score (nSPS) is 31.6. The van der Waals surface area contributed by atoms with Crippen molar-refractivity contribution in [2.45, 2.75) is 33.2 Å². The fraction of sp³-hybridized carbons (Fsp3) is 0.929. The highest BCUT2D eigenvalue weighted by atomic mass is 16.2. The lowest BCUT2D eigenvalue weighted by Crippen LogP contribution is -2.53. The standard InChI is InChI=1S/C14H27N3O/c1-4-12(3)16-5-7-17(8-6-16)14(18)13-10-15-9-11(13)2/h11-13,15H,4-10H2,1-3H3. The average molecular weight is 253 g/mol. The van der Waals surface area contributed by atoms with Crippen molar-refractivity contribution in [1.82, 2.24) is 15.1 Å². The minimum absolute atomic E-state index is 0.208. The van der Waals surface area contributed by atoms with Crippen LogP contribution in [0.2, 0.25) is 0 Å². The monoisotopic (exact) mass is 253 g/mol. The van der Waals surface area contributed by atoms with Gasteiger partial charge in [-0.1, -0.05) is 13.8 Å². The zero-order valence-electron chi connectivity index (χ0n) is 12.0. The molecule has 3 atom stereocenters. The lowest BCUT2D eigenvalue weighted by atomic mass is 9.96. The smallest absolute Gasteiger partial charge is 0.227 e. The van der Waals surface area contributed by atoms with E-state index in [1.54, 1.807) is 0 Å². The lowest BCUT2D eigenvalue weighted by molar-refractivity contribution is -0.138. The molecule has 1 amide bonds. The Morgan fingerprint density at radius 1 is 1.28 bits per heavy atom. The maximum atomic E-state index is 12.4. The van der Waals surface area contributed by atoms with Crippen LogP contribution in [0.4, 0.5) is 0 Å². The Balaban J connectivity index is 1.84. The van der Waals surface area contributed by atoms with Crippen molar-refractivity contribution in [2.24, 2.45) is 11.8 Å². The number of carbonyl (C=O) groups excluding carboxylic acids is 1. The van der Waals surface area contributed by atoms with Gasteiger partial charge in [-0.2, -0.15) is 0 Å². The second-order valence-corrected chi connectivity index (χ2v) is 5.86. The van der Waals surface area contributed by atoms with Gasteiger partial charge in [-0.15, -0.1) is 0 Å². The van der Waals surface area contributed by atoms with Crippen molar-refractivity contribution in [3.63, 3.8) is 0 Å². The predicted molar refractivity (Wildman–Crippen MR) is 73.4 cm³/mol. The van der Waals surface area contributed by atoms with E-state index >= 15 is 0 Å². The van der Waals surface area contributed by atoms with Crippen LogP contribution in [0.15, 0.2) is 0 Å². The highest BCUT2D eigenvalue weighted by Crippen LogP contribution is 2.20. The molecule has 0 radical (unpaired) electrons. The Morgan fingerprint density at radius 3 is 2.44 bits per heavy atom. The number of rotatable bonds is 3. The topological polar surface area (TPSA) is 35.6 Å². The van der Waals surface area contributed by atoms with Gasteiger partial charge in [0.15, 0.2) is 0 Å². The molecule has 4 nitrogen and oxygen atoms in total. The van der Waals surface area contributed by atoms with Crippen LogP contribution < -0.4 is 5.32 Å². The van der Waals surface area contributed by atoms with E-state index in [2.05, 4.69) is 35.9 Å². The summed E-state index contributed by atoms with van der Waals surface area (Å²) in [5.74, 6) is 1.07. The van der Waals surface area contributed by atoms with Crippen LogP contribution in [-0.2, 0) is 4.79 Å². The van der Waals surface area contributed by atoms with Crippen LogP contribution in [-0.4, -0.2) is 61.0 Å². The van der Waals surface area contributed by atoms with Gasteiger partial charge in [0.2, 0.25) is 5.91 Å². The number of nitrogens with zero attached hydrogens (tertiary/aromatic N) is 2. The van der Waals surface area contributed by atoms with Crippen LogP contribution in [0.5, 0.6) is 0 Å². The van der Waals surface area contributed by atoms with Crippen molar-refractivity contribution in [1.29, 1.82) is 0 Å². The molecule has 2 heterocycles. The Bertz CT molecular complexity index is 287. The molecule has 0 saturated carbocycles. The maximum Gasteiger partial charge on any atom is 0.227 e. The summed E-state index contributed by atoms with van der Waals surface area (Å²) < 4.78 is 0. The maximum absolute atomic E-state index is 12.4. The molecule has 0 spiro atoms. The van der Waals surface area contributed by atoms with E-state index in [-0.39, 0.29) is 5.92 Å². The molecular formula is C14H27N3O. The number of nitrogens with one attached hydrogen (secondary N) is 1. The van der Waals surface area contributed by atoms with Crippen molar-refractivity contribution in [3.8, 4) is 0 Å². The first-order valence-corrected chi connectivity index (χ1v) is 7.37. The minimum Gasteiger partial charge on any atom is -0.340 e. The number of hydrogen-bond acceptors (Lipinski definition) is 3. The van der Waals surface area contributed by atoms with Gasteiger partial charge in [0.05, 0.1) is 5.92 Å². The zero-order valence-corrected chi connectivity index (χ0v) is 12.0. The summed E-state index contributed by atoms with van der Waals surface area (Å²) in [6, 6.07) is 0.648. The third-order valence-corrected chi connectivity index (χ3v) is 4.67. The molecule has 2 fully saturated rings. The van der Waals surface area contributed by atoms with E-state index in [1.165, 1.54) is 6.42 Å². The summed E-state index contributed by atoms with van der Waals surface area (Å²) in [6.07, 6.45) is 1.19. The fourth-order valence-electron chi connectivity index (χ4n) is 3.02. The molecule has 0 aromatic carbocycles. The molecule has 0 aromatic heterocycles. The summed E-state index contributed by atoms with van der Waals surface area (Å²) >= 11 is 0. The summed E-state index contributed by atoms with van der Waals surface area (Å²) in [4.78, 5) is 17.0. The van der Waals surface area contributed by atoms with Crippen LogP contribution in [0, 0.1) is 11.8 Å². The van der Waals surface area contributed by atoms with Crippen LogP contribution in [0.1, 0.15) is 27.2 Å². The Hall–Kier alpha value is -0.610. The number of amides is 1. The summed E-state index contributed by atoms with van der Waals surface area (Å²) in [6.45, 7) is 12.4. The van der Waals surface area contributed by atoms with Crippen LogP contribution >= 0.6 is 0 Å². The van der Waals surface area contributed by atoms with Gasteiger partial charge >= 0.3 is 0 Å². The van der Waals surface area contributed by atoms with Gasteiger partial charge in [-0.05, 0) is 25.8 Å². The highest BCUT2D eigenvalue weighted by Gasteiger charge is 2.34. The zero-order chi connectivity index (χ0) is 13.1. The average Bonchev–Trinajstić information content (AvgIpc) is 2.83. The Labute approximate surface area is 111 Å². The first kappa shape index (κ1) is 13.8. The molecule has 0 aliphatic carbocycles. The molecule has 104 valence electrons. The van der Waals surface area contributed by atoms with Gasteiger partial charge in [0.25, 0.3) is 0 Å². The lowest BCUT2D eigenvalue weighted by Gasteiger charge is -2.39. The van der Waals surface area contributed by atoms with Gasteiger partial charge in [-0.25, -0.2) is 0 Å². The van der Waals surface area contributed by atoms with E-state index < -0.39 is 0 Å². The molecule has 4 heteroatoms. The Morgan fingerprint density at radius 2 is 1.94 bits per heavy atom. The van der Waals surface area contributed by atoms with Gasteiger partial charge in [-0.3, -0.25) is 9.69 Å². The van der Waals surface area contributed by atoms with Crippen molar-refractivity contribution < 1.29 is 4.79 Å². The van der Waals surface area contributed by atoms with Crippen molar-refractivity contribution >= 4 is 5.91 Å². The molecule has 0 aromatic rings. The molecule has 3 unspecified atom stereocenters. The summed E-state index contributed by atoms with van der Waals surface area (Å²) in [7, 11) is 0. The van der Waals surface area contributed by atoms with Crippen LogP contribution in [0.3, 0.4) is 0 Å². The Kier molecular flexibility index (Phi) is 4.62. The van der Waals surface area contributed by atoms with Gasteiger partial charge in [0.1, 0.15) is 0 Å². The largest absolute Gasteiger partial charge is 0.340 e. The predicted octanol–water partition coefficient (Wildman–Crippen LogP) is 0.785. The quantitative estimate of drug-likeness (QED) is 0.807. The van der Waals surface area contributed by atoms with Crippen molar-refractivity contribution in [3.05, 3.63) is 0 Å². The third kappa shape index (κ3) is 2.86. The molecule has 2 saturated heterocycles.